The summed E-state index contributed by atoms with van der Waals surface area (Å²) in [5.41, 5.74) is 0. The van der Waals surface area contributed by atoms with Crippen LogP contribution in [0.15, 0.2) is 36.6 Å². The molecule has 0 saturated carbocycles. The zero-order valence-corrected chi connectivity index (χ0v) is 7.62. The number of hydrogen-bond donors (Lipinski definition) is 0. The highest BCUT2D eigenvalue weighted by molar-refractivity contribution is 5.01. The molecule has 0 aliphatic carbocycles. The van der Waals surface area contributed by atoms with Gasteiger partial charge in [0.2, 0.25) is 0 Å². The molecule has 0 aromatic rings. The van der Waals surface area contributed by atoms with Gasteiger partial charge in [-0.05, 0) is 26.1 Å². The van der Waals surface area contributed by atoms with Crippen molar-refractivity contribution in [2.45, 2.75) is 13.8 Å². The van der Waals surface area contributed by atoms with Crippen LogP contribution < -0.4 is 0 Å². The fourth-order valence-electron chi connectivity index (χ4n) is 0.640. The molecule has 0 aliphatic rings. The molecule has 62 valence electrons. The zero-order chi connectivity index (χ0) is 8.53. The first-order chi connectivity index (χ1) is 5.31. The Bertz CT molecular complexity index is 154. The first-order valence-electron chi connectivity index (χ1n) is 3.92. The molecule has 0 saturated heterocycles. The molecule has 0 unspecified atom stereocenters. The molecule has 0 aromatic carbocycles. The van der Waals surface area contributed by atoms with Crippen LogP contribution in [0.5, 0.6) is 0 Å². The first kappa shape index (κ1) is 10.0. The highest BCUT2D eigenvalue weighted by Gasteiger charge is 1.81. The maximum Gasteiger partial charge on any atom is 0.0350 e. The Hall–Kier alpha value is -0.980. The smallest absolute Gasteiger partial charge is 0.0350 e. The number of nitrogens with zero attached hydrogens (tertiary/aromatic N) is 1. The highest BCUT2D eigenvalue weighted by Crippen LogP contribution is 1.86. The first-order valence-corrected chi connectivity index (χ1v) is 3.92. The standard InChI is InChI=1S/C10H17N/c1-4-6-8-10-11(3)9-7-5-2/h4-8,10H,9H2,1-3H3/b6-4-,7-5+,10-8-. The van der Waals surface area contributed by atoms with Crippen molar-refractivity contribution in [2.24, 2.45) is 0 Å². The Kier molecular flexibility index (Phi) is 6.50. The van der Waals surface area contributed by atoms with Crippen molar-refractivity contribution >= 4 is 0 Å². The van der Waals surface area contributed by atoms with Crippen molar-refractivity contribution in [1.29, 1.82) is 0 Å². The molecule has 0 bridgehead atoms. The molecule has 0 spiro atoms. The van der Waals surface area contributed by atoms with Gasteiger partial charge in [0.15, 0.2) is 0 Å². The van der Waals surface area contributed by atoms with Crippen LogP contribution in [0.3, 0.4) is 0 Å². The third kappa shape index (κ3) is 6.91. The van der Waals surface area contributed by atoms with Crippen molar-refractivity contribution in [3.63, 3.8) is 0 Å². The lowest BCUT2D eigenvalue weighted by Crippen LogP contribution is -2.09. The second-order valence-electron chi connectivity index (χ2n) is 2.38. The van der Waals surface area contributed by atoms with Crippen molar-refractivity contribution < 1.29 is 0 Å². The van der Waals surface area contributed by atoms with Crippen molar-refractivity contribution in [2.75, 3.05) is 13.6 Å². The molecule has 0 aromatic heterocycles. The minimum Gasteiger partial charge on any atom is -0.377 e. The Balaban J connectivity index is 3.58. The summed E-state index contributed by atoms with van der Waals surface area (Å²) in [4.78, 5) is 2.12. The van der Waals surface area contributed by atoms with E-state index in [-0.39, 0.29) is 0 Å². The topological polar surface area (TPSA) is 3.24 Å². The van der Waals surface area contributed by atoms with Crippen LogP contribution in [-0.2, 0) is 0 Å². The van der Waals surface area contributed by atoms with Gasteiger partial charge >= 0.3 is 0 Å². The Morgan fingerprint density at radius 2 is 1.82 bits per heavy atom. The van der Waals surface area contributed by atoms with E-state index in [1.165, 1.54) is 0 Å². The quantitative estimate of drug-likeness (QED) is 0.441. The van der Waals surface area contributed by atoms with Gasteiger partial charge in [-0.3, -0.25) is 0 Å². The molecule has 0 amide bonds. The third-order valence-electron chi connectivity index (χ3n) is 1.27. The molecule has 0 atom stereocenters. The molecule has 1 heteroatoms. The van der Waals surface area contributed by atoms with E-state index in [0.717, 1.165) is 6.54 Å². The SMILES string of the molecule is C/C=C\C=C/N(C)C/C=C/C. The summed E-state index contributed by atoms with van der Waals surface area (Å²) in [6, 6.07) is 0. The van der Waals surface area contributed by atoms with Gasteiger partial charge in [-0.2, -0.15) is 0 Å². The summed E-state index contributed by atoms with van der Waals surface area (Å²) >= 11 is 0. The molecule has 0 heterocycles. The molecule has 1 nitrogen and oxygen atoms in total. The van der Waals surface area contributed by atoms with Crippen LogP contribution in [0.4, 0.5) is 0 Å². The van der Waals surface area contributed by atoms with Crippen molar-refractivity contribution in [3.05, 3.63) is 36.6 Å². The van der Waals surface area contributed by atoms with Crippen LogP contribution in [0.1, 0.15) is 13.8 Å². The third-order valence-corrected chi connectivity index (χ3v) is 1.27. The minimum absolute atomic E-state index is 0.977. The second-order valence-corrected chi connectivity index (χ2v) is 2.38. The molecular weight excluding hydrogens is 134 g/mol. The summed E-state index contributed by atoms with van der Waals surface area (Å²) < 4.78 is 0. The molecular formula is C10H17N. The van der Waals surface area contributed by atoms with E-state index in [1.54, 1.807) is 0 Å². The summed E-state index contributed by atoms with van der Waals surface area (Å²) in [5, 5.41) is 0. The zero-order valence-electron chi connectivity index (χ0n) is 7.62. The average Bonchev–Trinajstić information content (AvgIpc) is 2.01. The van der Waals surface area contributed by atoms with Crippen LogP contribution >= 0.6 is 0 Å². The average molecular weight is 151 g/mol. The minimum atomic E-state index is 0.977. The molecule has 0 rings (SSSR count). The largest absolute Gasteiger partial charge is 0.377 e. The molecule has 11 heavy (non-hydrogen) atoms. The van der Waals surface area contributed by atoms with Crippen molar-refractivity contribution in [3.8, 4) is 0 Å². The maximum absolute atomic E-state index is 2.12. The van der Waals surface area contributed by atoms with Crippen molar-refractivity contribution in [1.82, 2.24) is 4.90 Å². The highest BCUT2D eigenvalue weighted by atomic mass is 15.1. The van der Waals surface area contributed by atoms with Gasteiger partial charge in [0.05, 0.1) is 0 Å². The van der Waals surface area contributed by atoms with Crippen LogP contribution in [0, 0.1) is 0 Å². The predicted molar refractivity (Wildman–Crippen MR) is 51.4 cm³/mol. The Morgan fingerprint density at radius 3 is 2.36 bits per heavy atom. The van der Waals surface area contributed by atoms with E-state index in [0.29, 0.717) is 0 Å². The maximum atomic E-state index is 2.12. The number of likely N-dealkylation sites (N-methyl/N-ethyl adjacent to an activating group) is 1. The normalized spacial score (nSPS) is 12.3. The van der Waals surface area contributed by atoms with E-state index < -0.39 is 0 Å². The van der Waals surface area contributed by atoms with Crippen LogP contribution in [0.25, 0.3) is 0 Å². The van der Waals surface area contributed by atoms with Gasteiger partial charge in [0, 0.05) is 13.6 Å². The van der Waals surface area contributed by atoms with E-state index >= 15 is 0 Å². The van der Waals surface area contributed by atoms with E-state index in [4.69, 9.17) is 0 Å². The molecule has 0 aliphatic heterocycles. The summed E-state index contributed by atoms with van der Waals surface area (Å²) in [5.74, 6) is 0. The van der Waals surface area contributed by atoms with Gasteiger partial charge in [-0.15, -0.1) is 0 Å². The van der Waals surface area contributed by atoms with Gasteiger partial charge in [0.1, 0.15) is 0 Å². The summed E-state index contributed by atoms with van der Waals surface area (Å²) in [7, 11) is 2.06. The number of allylic oxidation sites excluding steroid dienone is 4. The van der Waals surface area contributed by atoms with E-state index in [2.05, 4.69) is 30.3 Å². The van der Waals surface area contributed by atoms with E-state index in [1.807, 2.05) is 32.1 Å². The monoisotopic (exact) mass is 151 g/mol. The fourth-order valence-corrected chi connectivity index (χ4v) is 0.640. The predicted octanol–water partition coefficient (Wildman–Crippen LogP) is 2.58. The Morgan fingerprint density at radius 1 is 1.09 bits per heavy atom. The summed E-state index contributed by atoms with van der Waals surface area (Å²) in [6.07, 6.45) is 12.3. The van der Waals surface area contributed by atoms with Gasteiger partial charge < -0.3 is 4.90 Å². The van der Waals surface area contributed by atoms with Crippen LogP contribution in [0.2, 0.25) is 0 Å². The number of rotatable bonds is 4. The lowest BCUT2D eigenvalue weighted by Gasteiger charge is -2.08. The molecule has 0 radical (unpaired) electrons. The Labute approximate surface area is 69.7 Å². The molecule has 0 fully saturated rings. The fraction of sp³-hybridized carbons (Fsp3) is 0.400. The van der Waals surface area contributed by atoms with Gasteiger partial charge in [-0.1, -0.05) is 24.3 Å². The summed E-state index contributed by atoms with van der Waals surface area (Å²) in [6.45, 7) is 5.02. The van der Waals surface area contributed by atoms with Gasteiger partial charge in [-0.25, -0.2) is 0 Å². The molecule has 0 N–H and O–H groups in total. The van der Waals surface area contributed by atoms with Gasteiger partial charge in [0.25, 0.3) is 0 Å². The van der Waals surface area contributed by atoms with Crippen LogP contribution in [-0.4, -0.2) is 18.5 Å². The lowest BCUT2D eigenvalue weighted by atomic mass is 10.4. The van der Waals surface area contributed by atoms with E-state index in [9.17, 15) is 0 Å². The number of hydrogen-bond acceptors (Lipinski definition) is 1. The lowest BCUT2D eigenvalue weighted by molar-refractivity contribution is 0.509. The second kappa shape index (κ2) is 7.13.